The highest BCUT2D eigenvalue weighted by Crippen LogP contribution is 2.23. The molecule has 25 heavy (non-hydrogen) atoms. The molecule has 0 fully saturated rings. The first-order valence-corrected chi connectivity index (χ1v) is 8.39. The third kappa shape index (κ3) is 5.45. The summed E-state index contributed by atoms with van der Waals surface area (Å²) in [6.45, 7) is 7.15. The largest absolute Gasteiger partial charge is 0.437 e. The molecular weight excluding hydrogens is 316 g/mol. The van der Waals surface area contributed by atoms with E-state index in [1.165, 1.54) is 5.56 Å². The summed E-state index contributed by atoms with van der Waals surface area (Å²) in [5.74, 6) is 2.41. The van der Waals surface area contributed by atoms with Crippen LogP contribution in [0.15, 0.2) is 36.7 Å². The number of carbonyl (C=O) groups is 1. The molecule has 0 N–H and O–H groups in total. The van der Waals surface area contributed by atoms with Gasteiger partial charge < -0.3 is 14.5 Å². The first-order chi connectivity index (χ1) is 11.9. The van der Waals surface area contributed by atoms with Crippen molar-refractivity contribution < 1.29 is 9.53 Å². The van der Waals surface area contributed by atoms with Crippen LogP contribution >= 0.6 is 0 Å². The van der Waals surface area contributed by atoms with E-state index in [1.807, 2.05) is 24.1 Å². The Morgan fingerprint density at radius 3 is 2.40 bits per heavy atom. The highest BCUT2D eigenvalue weighted by molar-refractivity contribution is 5.72. The third-order valence-corrected chi connectivity index (χ3v) is 4.07. The number of hydrogen-bond acceptors (Lipinski definition) is 5. The molecule has 1 amide bonds. The Morgan fingerprint density at radius 1 is 1.12 bits per heavy atom. The molecule has 0 atom stereocenters. The summed E-state index contributed by atoms with van der Waals surface area (Å²) in [6, 6.07) is 7.99. The molecule has 2 aromatic rings. The normalized spacial score (nSPS) is 10.6. The minimum Gasteiger partial charge on any atom is -0.437 e. The Hall–Kier alpha value is -2.63. The molecule has 1 aromatic carbocycles. The van der Waals surface area contributed by atoms with Crippen LogP contribution in [0, 0.1) is 0 Å². The summed E-state index contributed by atoms with van der Waals surface area (Å²) in [7, 11) is 3.70. The molecule has 0 saturated carbocycles. The fraction of sp³-hybridized carbons (Fsp3) is 0.421. The van der Waals surface area contributed by atoms with Gasteiger partial charge in [-0.1, -0.05) is 26.0 Å². The van der Waals surface area contributed by atoms with Gasteiger partial charge in [0, 0.05) is 34.1 Å². The molecule has 1 aromatic heterocycles. The molecule has 1 heterocycles. The van der Waals surface area contributed by atoms with Crippen LogP contribution in [0.25, 0.3) is 0 Å². The molecule has 0 unspecified atom stereocenters. The number of amides is 1. The van der Waals surface area contributed by atoms with Crippen LogP contribution in [-0.4, -0.2) is 48.0 Å². The molecule has 0 saturated heterocycles. The minimum absolute atomic E-state index is 0.0430. The number of ether oxygens (including phenoxy) is 1. The zero-order valence-electron chi connectivity index (χ0n) is 15.6. The monoisotopic (exact) mass is 342 g/mol. The molecule has 2 rings (SSSR count). The molecule has 6 nitrogen and oxygen atoms in total. The number of anilines is 1. The lowest BCUT2D eigenvalue weighted by Crippen LogP contribution is -2.33. The fourth-order valence-electron chi connectivity index (χ4n) is 2.18. The van der Waals surface area contributed by atoms with E-state index in [-0.39, 0.29) is 5.91 Å². The van der Waals surface area contributed by atoms with Crippen molar-refractivity contribution in [3.8, 4) is 11.6 Å². The second kappa shape index (κ2) is 8.46. The molecule has 0 bridgehead atoms. The second-order valence-electron chi connectivity index (χ2n) is 6.40. The highest BCUT2D eigenvalue weighted by Gasteiger charge is 2.09. The van der Waals surface area contributed by atoms with Crippen LogP contribution in [0.2, 0.25) is 0 Å². The average Bonchev–Trinajstić information content (AvgIpc) is 2.60. The lowest BCUT2D eigenvalue weighted by Gasteiger charge is -2.22. The van der Waals surface area contributed by atoms with E-state index in [2.05, 4.69) is 35.9 Å². The Morgan fingerprint density at radius 2 is 1.80 bits per heavy atom. The molecule has 0 aliphatic heterocycles. The van der Waals surface area contributed by atoms with Crippen LogP contribution in [0.5, 0.6) is 11.6 Å². The Balaban J connectivity index is 2.01. The van der Waals surface area contributed by atoms with Gasteiger partial charge in [-0.3, -0.25) is 9.78 Å². The van der Waals surface area contributed by atoms with E-state index < -0.39 is 0 Å². The minimum atomic E-state index is 0.0430. The number of aromatic nitrogens is 2. The van der Waals surface area contributed by atoms with Crippen LogP contribution < -0.4 is 9.64 Å². The predicted octanol–water partition coefficient (Wildman–Crippen LogP) is 3.31. The van der Waals surface area contributed by atoms with Crippen molar-refractivity contribution >= 4 is 11.7 Å². The average molecular weight is 342 g/mol. The topological polar surface area (TPSA) is 58.6 Å². The van der Waals surface area contributed by atoms with Crippen molar-refractivity contribution in [2.24, 2.45) is 0 Å². The summed E-state index contributed by atoms with van der Waals surface area (Å²) in [5, 5.41) is 0. The van der Waals surface area contributed by atoms with Crippen molar-refractivity contribution in [1.82, 2.24) is 14.9 Å². The first-order valence-electron chi connectivity index (χ1n) is 8.39. The van der Waals surface area contributed by atoms with Gasteiger partial charge in [0.25, 0.3) is 0 Å². The molecule has 0 aliphatic rings. The number of rotatable bonds is 7. The number of nitrogens with zero attached hydrogens (tertiary/aromatic N) is 4. The van der Waals surface area contributed by atoms with Gasteiger partial charge in [0.1, 0.15) is 5.75 Å². The van der Waals surface area contributed by atoms with Crippen molar-refractivity contribution in [2.45, 2.75) is 26.7 Å². The van der Waals surface area contributed by atoms with Gasteiger partial charge in [-0.25, -0.2) is 0 Å². The van der Waals surface area contributed by atoms with Gasteiger partial charge >= 0.3 is 0 Å². The molecule has 134 valence electrons. The number of hydrogen-bond donors (Lipinski definition) is 0. The summed E-state index contributed by atoms with van der Waals surface area (Å²) in [6.07, 6.45) is 3.28. The maximum absolute atomic E-state index is 11.3. The van der Waals surface area contributed by atoms with Gasteiger partial charge in [-0.05, 0) is 23.6 Å². The smallest absolute Gasteiger partial charge is 0.239 e. The van der Waals surface area contributed by atoms with Crippen molar-refractivity contribution in [1.29, 1.82) is 0 Å². The zero-order chi connectivity index (χ0) is 18.4. The molecule has 6 heteroatoms. The number of benzene rings is 1. The van der Waals surface area contributed by atoms with Crippen LogP contribution in [0.4, 0.5) is 5.82 Å². The number of likely N-dealkylation sites (N-methyl/N-ethyl adjacent to an activating group) is 2. The Kier molecular flexibility index (Phi) is 6.33. The standard InChI is InChI=1S/C19H26N4O2/c1-14(2)16-6-8-17(9-7-16)25-19-13-20-12-18(21-19)23(5)11-10-22(4)15(3)24/h6-9,12-14H,10-11H2,1-5H3. The fourth-order valence-corrected chi connectivity index (χ4v) is 2.18. The maximum Gasteiger partial charge on any atom is 0.239 e. The SMILES string of the molecule is CC(=O)N(C)CCN(C)c1cncc(Oc2ccc(C(C)C)cc2)n1. The van der Waals surface area contributed by atoms with Gasteiger partial charge in [0.15, 0.2) is 5.82 Å². The molecular formula is C19H26N4O2. The lowest BCUT2D eigenvalue weighted by atomic mass is 10.0. The third-order valence-electron chi connectivity index (χ3n) is 4.07. The number of carbonyl (C=O) groups excluding carboxylic acids is 1. The summed E-state index contributed by atoms with van der Waals surface area (Å²) in [5.41, 5.74) is 1.27. The van der Waals surface area contributed by atoms with Crippen molar-refractivity contribution in [3.63, 3.8) is 0 Å². The quantitative estimate of drug-likeness (QED) is 0.773. The summed E-state index contributed by atoms with van der Waals surface area (Å²) >= 11 is 0. The zero-order valence-corrected chi connectivity index (χ0v) is 15.6. The van der Waals surface area contributed by atoms with E-state index in [9.17, 15) is 4.79 Å². The summed E-state index contributed by atoms with van der Waals surface area (Å²) in [4.78, 5) is 23.6. The van der Waals surface area contributed by atoms with E-state index in [4.69, 9.17) is 4.74 Å². The molecule has 0 aliphatic carbocycles. The lowest BCUT2D eigenvalue weighted by molar-refractivity contribution is -0.127. The van der Waals surface area contributed by atoms with E-state index >= 15 is 0 Å². The van der Waals surface area contributed by atoms with Gasteiger partial charge in [0.2, 0.25) is 11.8 Å². The van der Waals surface area contributed by atoms with Crippen molar-refractivity contribution in [2.75, 3.05) is 32.1 Å². The highest BCUT2D eigenvalue weighted by atomic mass is 16.5. The van der Waals surface area contributed by atoms with E-state index in [0.717, 1.165) is 5.75 Å². The summed E-state index contributed by atoms with van der Waals surface area (Å²) < 4.78 is 5.80. The molecule has 0 spiro atoms. The van der Waals surface area contributed by atoms with E-state index in [1.54, 1.807) is 31.3 Å². The Bertz CT molecular complexity index is 701. The molecule has 0 radical (unpaired) electrons. The second-order valence-corrected chi connectivity index (χ2v) is 6.40. The maximum atomic E-state index is 11.3. The van der Waals surface area contributed by atoms with Crippen LogP contribution in [0.3, 0.4) is 0 Å². The van der Waals surface area contributed by atoms with Gasteiger partial charge in [0.05, 0.1) is 12.4 Å². The van der Waals surface area contributed by atoms with Gasteiger partial charge in [-0.2, -0.15) is 4.98 Å². The van der Waals surface area contributed by atoms with Gasteiger partial charge in [-0.15, -0.1) is 0 Å². The van der Waals surface area contributed by atoms with Crippen LogP contribution in [-0.2, 0) is 4.79 Å². The predicted molar refractivity (Wildman–Crippen MR) is 99.2 cm³/mol. The first kappa shape index (κ1) is 18.7. The van der Waals surface area contributed by atoms with E-state index in [0.29, 0.717) is 30.7 Å². The van der Waals surface area contributed by atoms with Crippen LogP contribution in [0.1, 0.15) is 32.3 Å². The Labute approximate surface area is 149 Å². The van der Waals surface area contributed by atoms with Crippen molar-refractivity contribution in [3.05, 3.63) is 42.2 Å².